The van der Waals surface area contributed by atoms with Crippen molar-refractivity contribution in [3.8, 4) is 0 Å². The zero-order valence-electron chi connectivity index (χ0n) is 10.7. The summed E-state index contributed by atoms with van der Waals surface area (Å²) in [7, 11) is 0. The lowest BCUT2D eigenvalue weighted by atomic mass is 9.60. The van der Waals surface area contributed by atoms with Gasteiger partial charge in [-0.05, 0) is 39.0 Å². The molecule has 0 aromatic heterocycles. The van der Waals surface area contributed by atoms with Gasteiger partial charge in [-0.1, -0.05) is 32.4 Å². The number of hydrogen-bond donors (Lipinski definition) is 1. The predicted octanol–water partition coefficient (Wildman–Crippen LogP) is 3.53. The second-order valence-electron chi connectivity index (χ2n) is 6.71. The third-order valence-electron chi connectivity index (χ3n) is 5.16. The van der Waals surface area contributed by atoms with E-state index in [1.165, 1.54) is 24.8 Å². The van der Waals surface area contributed by atoms with Crippen molar-refractivity contribution >= 4 is 0 Å². The normalized spacial score (nSPS) is 46.9. The summed E-state index contributed by atoms with van der Waals surface area (Å²) in [5, 5.41) is 11.1. The van der Waals surface area contributed by atoms with Crippen molar-refractivity contribution < 1.29 is 5.11 Å². The first kappa shape index (κ1) is 11.2. The number of rotatable bonds is 1. The molecule has 2 aliphatic carbocycles. The molecule has 3 atom stereocenters. The van der Waals surface area contributed by atoms with E-state index < -0.39 is 5.60 Å². The summed E-state index contributed by atoms with van der Waals surface area (Å²) in [5.41, 5.74) is 0.789. The van der Waals surface area contributed by atoms with E-state index in [9.17, 15) is 5.11 Å². The fourth-order valence-corrected chi connectivity index (χ4v) is 4.07. The average Bonchev–Trinajstić information content (AvgIpc) is 2.51. The van der Waals surface area contributed by atoms with Crippen LogP contribution in [0.15, 0.2) is 11.6 Å². The monoisotopic (exact) mass is 208 g/mol. The topological polar surface area (TPSA) is 20.2 Å². The lowest BCUT2D eigenvalue weighted by Gasteiger charge is -2.49. The van der Waals surface area contributed by atoms with Crippen LogP contribution in [0.4, 0.5) is 0 Å². The molecule has 0 radical (unpaired) electrons. The van der Waals surface area contributed by atoms with Crippen molar-refractivity contribution in [1.82, 2.24) is 0 Å². The lowest BCUT2D eigenvalue weighted by Crippen LogP contribution is -2.52. The molecule has 0 aliphatic heterocycles. The summed E-state index contributed by atoms with van der Waals surface area (Å²) in [6.07, 6.45) is 5.79. The molecule has 1 N–H and O–H groups in total. The molecule has 15 heavy (non-hydrogen) atoms. The first-order valence-corrected chi connectivity index (χ1v) is 6.11. The van der Waals surface area contributed by atoms with Crippen molar-refractivity contribution in [3.05, 3.63) is 11.6 Å². The molecule has 0 saturated heterocycles. The first-order valence-electron chi connectivity index (χ1n) is 6.11. The molecule has 86 valence electrons. The summed E-state index contributed by atoms with van der Waals surface area (Å²) < 4.78 is 0. The van der Waals surface area contributed by atoms with E-state index in [-0.39, 0.29) is 10.8 Å². The lowest BCUT2D eigenvalue weighted by molar-refractivity contribution is -0.104. The van der Waals surface area contributed by atoms with Gasteiger partial charge in [0.05, 0.1) is 5.60 Å². The molecular formula is C14H24O. The van der Waals surface area contributed by atoms with Gasteiger partial charge in [0.15, 0.2) is 0 Å². The zero-order valence-corrected chi connectivity index (χ0v) is 10.7. The molecule has 1 nitrogen and oxygen atoms in total. The van der Waals surface area contributed by atoms with E-state index >= 15 is 0 Å². The second-order valence-corrected chi connectivity index (χ2v) is 6.71. The summed E-state index contributed by atoms with van der Waals surface area (Å²) in [4.78, 5) is 0. The molecule has 3 unspecified atom stereocenters. The Balaban J connectivity index is 2.50. The number of allylic oxidation sites excluding steroid dienone is 1. The smallest absolute Gasteiger partial charge is 0.0936 e. The Bertz CT molecular complexity index is 305. The van der Waals surface area contributed by atoms with Crippen LogP contribution in [0, 0.1) is 16.7 Å². The van der Waals surface area contributed by atoms with Crippen LogP contribution < -0.4 is 0 Å². The van der Waals surface area contributed by atoms with Gasteiger partial charge in [-0.25, -0.2) is 0 Å². The van der Waals surface area contributed by atoms with Crippen LogP contribution in [0.5, 0.6) is 0 Å². The SMILES string of the molecule is CC(C)=CC1(O)C2(C)CCC(C2)C1(C)C. The Morgan fingerprint density at radius 1 is 1.27 bits per heavy atom. The first-order chi connectivity index (χ1) is 6.73. The van der Waals surface area contributed by atoms with Gasteiger partial charge in [0.1, 0.15) is 0 Å². The van der Waals surface area contributed by atoms with E-state index in [0.717, 1.165) is 0 Å². The summed E-state index contributed by atoms with van der Waals surface area (Å²) in [6, 6.07) is 0. The predicted molar refractivity (Wildman–Crippen MR) is 63.6 cm³/mol. The van der Waals surface area contributed by atoms with Gasteiger partial charge in [-0.2, -0.15) is 0 Å². The van der Waals surface area contributed by atoms with Gasteiger partial charge >= 0.3 is 0 Å². The van der Waals surface area contributed by atoms with E-state index in [1.807, 2.05) is 0 Å². The molecule has 2 rings (SSSR count). The fourth-order valence-electron chi connectivity index (χ4n) is 4.07. The van der Waals surface area contributed by atoms with Crippen molar-refractivity contribution in [1.29, 1.82) is 0 Å². The molecule has 2 aliphatic rings. The maximum atomic E-state index is 11.1. The molecule has 2 saturated carbocycles. The molecule has 0 heterocycles. The molecule has 2 fully saturated rings. The number of fused-ring (bicyclic) bond motifs is 2. The maximum Gasteiger partial charge on any atom is 0.0936 e. The number of hydrogen-bond acceptors (Lipinski definition) is 1. The summed E-state index contributed by atoms with van der Waals surface area (Å²) in [6.45, 7) is 10.9. The van der Waals surface area contributed by atoms with Crippen LogP contribution in [-0.4, -0.2) is 10.7 Å². The van der Waals surface area contributed by atoms with Gasteiger partial charge in [-0.15, -0.1) is 0 Å². The largest absolute Gasteiger partial charge is 0.385 e. The van der Waals surface area contributed by atoms with E-state index in [2.05, 4.69) is 40.7 Å². The van der Waals surface area contributed by atoms with Crippen LogP contribution in [0.25, 0.3) is 0 Å². The molecule has 0 aromatic rings. The van der Waals surface area contributed by atoms with Gasteiger partial charge < -0.3 is 5.11 Å². The minimum atomic E-state index is -0.595. The molecule has 0 aromatic carbocycles. The third kappa shape index (κ3) is 1.19. The van der Waals surface area contributed by atoms with E-state index in [4.69, 9.17) is 0 Å². The summed E-state index contributed by atoms with van der Waals surface area (Å²) >= 11 is 0. The van der Waals surface area contributed by atoms with Crippen molar-refractivity contribution in [2.45, 2.75) is 59.5 Å². The molecule has 0 spiro atoms. The Labute approximate surface area is 93.6 Å². The fraction of sp³-hybridized carbons (Fsp3) is 0.857. The van der Waals surface area contributed by atoms with Crippen LogP contribution in [0.3, 0.4) is 0 Å². The van der Waals surface area contributed by atoms with Gasteiger partial charge in [0.2, 0.25) is 0 Å². The van der Waals surface area contributed by atoms with Crippen LogP contribution in [-0.2, 0) is 0 Å². The minimum Gasteiger partial charge on any atom is -0.385 e. The molecule has 1 heteroatoms. The van der Waals surface area contributed by atoms with Gasteiger partial charge in [-0.3, -0.25) is 0 Å². The molecule has 0 amide bonds. The highest BCUT2D eigenvalue weighted by atomic mass is 16.3. The zero-order chi connectivity index (χ0) is 11.5. The van der Waals surface area contributed by atoms with Crippen LogP contribution in [0.2, 0.25) is 0 Å². The molecular weight excluding hydrogens is 184 g/mol. The maximum absolute atomic E-state index is 11.1. The van der Waals surface area contributed by atoms with Crippen LogP contribution in [0.1, 0.15) is 53.9 Å². The van der Waals surface area contributed by atoms with E-state index in [1.54, 1.807) is 0 Å². The standard InChI is InChI=1S/C14H24O/c1-10(2)8-14(15)12(3,4)11-6-7-13(14,5)9-11/h8,11,15H,6-7,9H2,1-5H3. The van der Waals surface area contributed by atoms with Crippen molar-refractivity contribution in [2.75, 3.05) is 0 Å². The summed E-state index contributed by atoms with van der Waals surface area (Å²) in [5.74, 6) is 0.697. The highest BCUT2D eigenvalue weighted by Crippen LogP contribution is 2.68. The van der Waals surface area contributed by atoms with E-state index in [0.29, 0.717) is 5.92 Å². The average molecular weight is 208 g/mol. The Hall–Kier alpha value is -0.300. The highest BCUT2D eigenvalue weighted by Gasteiger charge is 2.67. The Morgan fingerprint density at radius 3 is 2.27 bits per heavy atom. The Morgan fingerprint density at radius 2 is 1.87 bits per heavy atom. The molecule has 2 bridgehead atoms. The Kier molecular flexibility index (Phi) is 2.15. The second kappa shape index (κ2) is 2.88. The minimum absolute atomic E-state index is 0.0390. The highest BCUT2D eigenvalue weighted by molar-refractivity contribution is 5.27. The van der Waals surface area contributed by atoms with Crippen molar-refractivity contribution in [2.24, 2.45) is 16.7 Å². The number of aliphatic hydroxyl groups is 1. The quantitative estimate of drug-likeness (QED) is 0.654. The third-order valence-corrected chi connectivity index (χ3v) is 5.16. The van der Waals surface area contributed by atoms with Gasteiger partial charge in [0.25, 0.3) is 0 Å². The van der Waals surface area contributed by atoms with Gasteiger partial charge in [0, 0.05) is 10.8 Å². The van der Waals surface area contributed by atoms with Crippen molar-refractivity contribution in [3.63, 3.8) is 0 Å². The van der Waals surface area contributed by atoms with Crippen LogP contribution >= 0.6 is 0 Å².